The van der Waals surface area contributed by atoms with Crippen molar-refractivity contribution in [2.24, 2.45) is 0 Å². The quantitative estimate of drug-likeness (QED) is 0.414. The van der Waals surface area contributed by atoms with Crippen molar-refractivity contribution in [1.82, 2.24) is 9.97 Å². The summed E-state index contributed by atoms with van der Waals surface area (Å²) in [4.78, 5) is 19.7. The zero-order valence-electron chi connectivity index (χ0n) is 12.7. The number of hydrogen-bond donors (Lipinski definition) is 2. The largest absolute Gasteiger partial charge is 0.438 e. The van der Waals surface area contributed by atoms with Gasteiger partial charge in [-0.1, -0.05) is 39.1 Å². The molecule has 0 bridgehead atoms. The van der Waals surface area contributed by atoms with Gasteiger partial charge >= 0.3 is 6.09 Å². The highest BCUT2D eigenvalue weighted by molar-refractivity contribution is 9.11. The molecular formula is C16H11Br2Cl2N3O2. The van der Waals surface area contributed by atoms with Gasteiger partial charge < -0.3 is 9.72 Å². The SMILES string of the molecule is CC(OC(=O)Nc1ccc(Cl)c(Cl)c1)c1nc2cc(Br)cc(Br)c2[nH]1. The number of aromatic nitrogens is 2. The molecule has 3 aromatic rings. The summed E-state index contributed by atoms with van der Waals surface area (Å²) in [5.41, 5.74) is 2.08. The number of benzene rings is 2. The fourth-order valence-electron chi connectivity index (χ4n) is 2.19. The predicted octanol–water partition coefficient (Wildman–Crippen LogP) is 6.70. The summed E-state index contributed by atoms with van der Waals surface area (Å²) in [7, 11) is 0. The maximum absolute atomic E-state index is 12.1. The molecule has 25 heavy (non-hydrogen) atoms. The minimum Gasteiger partial charge on any atom is -0.438 e. The topological polar surface area (TPSA) is 67.0 Å². The molecule has 1 aromatic heterocycles. The van der Waals surface area contributed by atoms with E-state index < -0.39 is 12.2 Å². The van der Waals surface area contributed by atoms with Gasteiger partial charge in [0.25, 0.3) is 0 Å². The average molecular weight is 508 g/mol. The van der Waals surface area contributed by atoms with Crippen LogP contribution in [0.3, 0.4) is 0 Å². The lowest BCUT2D eigenvalue weighted by atomic mass is 10.3. The summed E-state index contributed by atoms with van der Waals surface area (Å²) < 4.78 is 7.13. The van der Waals surface area contributed by atoms with E-state index in [0.29, 0.717) is 21.6 Å². The molecule has 3 rings (SSSR count). The second kappa shape index (κ2) is 7.53. The van der Waals surface area contributed by atoms with Crippen molar-refractivity contribution in [1.29, 1.82) is 0 Å². The highest BCUT2D eigenvalue weighted by atomic mass is 79.9. The van der Waals surface area contributed by atoms with Crippen LogP contribution in [-0.2, 0) is 4.74 Å². The van der Waals surface area contributed by atoms with Gasteiger partial charge in [-0.05, 0) is 53.2 Å². The first-order chi connectivity index (χ1) is 11.8. The van der Waals surface area contributed by atoms with Crippen LogP contribution in [0.15, 0.2) is 39.3 Å². The molecule has 1 unspecified atom stereocenters. The molecule has 0 aliphatic carbocycles. The third-order valence-corrected chi connectivity index (χ3v) is 5.19. The Kier molecular flexibility index (Phi) is 5.58. The summed E-state index contributed by atoms with van der Waals surface area (Å²) in [5, 5.41) is 3.36. The summed E-state index contributed by atoms with van der Waals surface area (Å²) in [5.74, 6) is 0.540. The number of anilines is 1. The molecule has 130 valence electrons. The number of nitrogens with zero attached hydrogens (tertiary/aromatic N) is 1. The van der Waals surface area contributed by atoms with Gasteiger partial charge in [-0.3, -0.25) is 5.32 Å². The number of fused-ring (bicyclic) bond motifs is 1. The number of ether oxygens (including phenoxy) is 1. The van der Waals surface area contributed by atoms with Gasteiger partial charge in [0.2, 0.25) is 0 Å². The van der Waals surface area contributed by atoms with E-state index in [1.807, 2.05) is 12.1 Å². The van der Waals surface area contributed by atoms with Gasteiger partial charge in [0.15, 0.2) is 6.10 Å². The lowest BCUT2D eigenvalue weighted by Gasteiger charge is -2.12. The number of halogens is 4. The van der Waals surface area contributed by atoms with Crippen molar-refractivity contribution >= 4 is 77.9 Å². The number of imidazole rings is 1. The normalized spacial score (nSPS) is 12.2. The standard InChI is InChI=1S/C16H11Br2Cl2N3O2/c1-7(15-22-13-5-8(17)4-10(18)14(13)23-15)25-16(24)21-9-2-3-11(19)12(20)6-9/h2-7H,1H3,(H,21,24)(H,22,23). The zero-order chi connectivity index (χ0) is 18.1. The molecule has 5 nitrogen and oxygen atoms in total. The highest BCUT2D eigenvalue weighted by Gasteiger charge is 2.17. The van der Waals surface area contributed by atoms with Crippen LogP contribution in [0.2, 0.25) is 10.0 Å². The molecule has 1 atom stereocenters. The van der Waals surface area contributed by atoms with Gasteiger partial charge in [-0.15, -0.1) is 0 Å². The number of hydrogen-bond acceptors (Lipinski definition) is 3. The van der Waals surface area contributed by atoms with E-state index in [1.165, 1.54) is 0 Å². The molecule has 2 aromatic carbocycles. The van der Waals surface area contributed by atoms with Crippen LogP contribution >= 0.6 is 55.1 Å². The van der Waals surface area contributed by atoms with Crippen LogP contribution in [0.5, 0.6) is 0 Å². The molecule has 0 saturated carbocycles. The van der Waals surface area contributed by atoms with E-state index in [0.717, 1.165) is 20.0 Å². The first-order valence-corrected chi connectivity index (χ1v) is 9.45. The monoisotopic (exact) mass is 505 g/mol. The number of aromatic amines is 1. The maximum Gasteiger partial charge on any atom is 0.412 e. The molecule has 9 heteroatoms. The van der Waals surface area contributed by atoms with Crippen molar-refractivity contribution in [3.05, 3.63) is 55.1 Å². The Hall–Kier alpha value is -1.28. The van der Waals surface area contributed by atoms with Crippen molar-refractivity contribution in [2.45, 2.75) is 13.0 Å². The van der Waals surface area contributed by atoms with E-state index in [-0.39, 0.29) is 0 Å². The molecule has 0 fully saturated rings. The zero-order valence-corrected chi connectivity index (χ0v) is 17.4. The van der Waals surface area contributed by atoms with Gasteiger partial charge in [-0.2, -0.15) is 0 Å². The molecule has 0 aliphatic heterocycles. The number of carbonyl (C=O) groups excluding carboxylic acids is 1. The Morgan fingerprint density at radius 1 is 1.24 bits per heavy atom. The minimum atomic E-state index is -0.619. The summed E-state index contributed by atoms with van der Waals surface area (Å²) >= 11 is 18.7. The molecular weight excluding hydrogens is 497 g/mol. The average Bonchev–Trinajstić information content (AvgIpc) is 2.95. The van der Waals surface area contributed by atoms with Crippen LogP contribution < -0.4 is 5.32 Å². The van der Waals surface area contributed by atoms with E-state index in [4.69, 9.17) is 27.9 Å². The molecule has 2 N–H and O–H groups in total. The Bertz CT molecular complexity index is 962. The van der Waals surface area contributed by atoms with Crippen LogP contribution in [-0.4, -0.2) is 16.1 Å². The third-order valence-electron chi connectivity index (χ3n) is 3.36. The van der Waals surface area contributed by atoms with Gasteiger partial charge in [-0.25, -0.2) is 9.78 Å². The summed E-state index contributed by atoms with van der Waals surface area (Å²) in [6.45, 7) is 1.73. The molecule has 0 saturated heterocycles. The van der Waals surface area contributed by atoms with Crippen LogP contribution in [0, 0.1) is 0 Å². The lowest BCUT2D eigenvalue weighted by Crippen LogP contribution is -2.16. The Morgan fingerprint density at radius 2 is 2.00 bits per heavy atom. The number of rotatable bonds is 3. The van der Waals surface area contributed by atoms with Gasteiger partial charge in [0.1, 0.15) is 5.82 Å². The smallest absolute Gasteiger partial charge is 0.412 e. The van der Waals surface area contributed by atoms with E-state index in [9.17, 15) is 4.79 Å². The van der Waals surface area contributed by atoms with Gasteiger partial charge in [0, 0.05) is 14.6 Å². The summed E-state index contributed by atoms with van der Waals surface area (Å²) in [6.07, 6.45) is -1.19. The Labute approximate surface area is 170 Å². The highest BCUT2D eigenvalue weighted by Crippen LogP contribution is 2.29. The van der Waals surface area contributed by atoms with E-state index >= 15 is 0 Å². The number of carbonyl (C=O) groups is 1. The van der Waals surface area contributed by atoms with Crippen LogP contribution in [0.25, 0.3) is 11.0 Å². The van der Waals surface area contributed by atoms with Crippen molar-refractivity contribution < 1.29 is 9.53 Å². The van der Waals surface area contributed by atoms with E-state index in [2.05, 4.69) is 47.1 Å². The van der Waals surface area contributed by atoms with E-state index in [1.54, 1.807) is 25.1 Å². The second-order valence-electron chi connectivity index (χ2n) is 5.21. The number of H-pyrrole nitrogens is 1. The first kappa shape index (κ1) is 18.5. The lowest BCUT2D eigenvalue weighted by molar-refractivity contribution is 0.117. The molecule has 1 amide bonds. The molecule has 1 heterocycles. The fourth-order valence-corrected chi connectivity index (χ4v) is 3.79. The Balaban J connectivity index is 1.73. The second-order valence-corrected chi connectivity index (χ2v) is 7.79. The predicted molar refractivity (Wildman–Crippen MR) is 106 cm³/mol. The van der Waals surface area contributed by atoms with Crippen LogP contribution in [0.4, 0.5) is 10.5 Å². The van der Waals surface area contributed by atoms with Crippen molar-refractivity contribution in [3.8, 4) is 0 Å². The van der Waals surface area contributed by atoms with Crippen LogP contribution in [0.1, 0.15) is 18.9 Å². The first-order valence-electron chi connectivity index (χ1n) is 7.11. The van der Waals surface area contributed by atoms with Crippen molar-refractivity contribution in [2.75, 3.05) is 5.32 Å². The molecule has 0 spiro atoms. The third kappa shape index (κ3) is 4.28. The van der Waals surface area contributed by atoms with Gasteiger partial charge in [0.05, 0.1) is 21.1 Å². The minimum absolute atomic E-state index is 0.347. The summed E-state index contributed by atoms with van der Waals surface area (Å²) in [6, 6.07) is 8.56. The fraction of sp³-hybridized carbons (Fsp3) is 0.125. The number of amides is 1. The molecule has 0 radical (unpaired) electrons. The Morgan fingerprint density at radius 3 is 2.72 bits per heavy atom. The number of nitrogens with one attached hydrogen (secondary N) is 2. The van der Waals surface area contributed by atoms with Crippen molar-refractivity contribution in [3.63, 3.8) is 0 Å². The maximum atomic E-state index is 12.1. The molecule has 0 aliphatic rings.